The molecule has 4 nitrogen and oxygen atoms in total. The maximum Gasteiger partial charge on any atom is 0.147 e. The highest BCUT2D eigenvalue weighted by Crippen LogP contribution is 2.37. The number of fused-ring (bicyclic) bond motifs is 2. The lowest BCUT2D eigenvalue weighted by Crippen LogP contribution is -2.19. The Labute approximate surface area is 154 Å². The second-order valence-corrected chi connectivity index (χ2v) is 6.60. The summed E-state index contributed by atoms with van der Waals surface area (Å²) in [5.41, 5.74) is 4.90. The number of anilines is 2. The summed E-state index contributed by atoms with van der Waals surface area (Å²) in [6.45, 7) is 0.547. The maximum atomic E-state index is 9.20. The lowest BCUT2D eigenvalue weighted by molar-refractivity contribution is 0.865. The second kappa shape index (κ2) is 6.50. The van der Waals surface area contributed by atoms with Gasteiger partial charge in [0.05, 0.1) is 22.7 Å². The number of hydrogen-bond donors (Lipinski definition) is 0. The van der Waals surface area contributed by atoms with Crippen molar-refractivity contribution in [3.8, 4) is 6.07 Å². The number of nitrogens with zero attached hydrogens (tertiary/aromatic N) is 4. The van der Waals surface area contributed by atoms with Gasteiger partial charge in [-0.1, -0.05) is 30.4 Å². The third-order valence-corrected chi connectivity index (χ3v) is 4.50. The minimum absolute atomic E-state index is 0.547. The minimum atomic E-state index is 0.547. The molecule has 5 heteroatoms. The smallest absolute Gasteiger partial charge is 0.147 e. The molecule has 0 radical (unpaired) electrons. The summed E-state index contributed by atoms with van der Waals surface area (Å²) in [6.07, 6.45) is 7.64. The van der Waals surface area contributed by atoms with Gasteiger partial charge in [0.2, 0.25) is 0 Å². The Bertz CT molecular complexity index is 1000. The van der Waals surface area contributed by atoms with Crippen LogP contribution in [0.5, 0.6) is 0 Å². The van der Waals surface area contributed by atoms with Gasteiger partial charge < -0.3 is 4.90 Å². The third kappa shape index (κ3) is 3.04. The first-order chi connectivity index (χ1) is 12.2. The summed E-state index contributed by atoms with van der Waals surface area (Å²) < 4.78 is 0.855. The Balaban J connectivity index is 1.85. The van der Waals surface area contributed by atoms with E-state index < -0.39 is 0 Å². The van der Waals surface area contributed by atoms with E-state index in [1.165, 1.54) is 0 Å². The van der Waals surface area contributed by atoms with Crippen molar-refractivity contribution in [2.45, 2.75) is 6.54 Å². The number of rotatable bonds is 2. The molecule has 3 aromatic rings. The van der Waals surface area contributed by atoms with Crippen LogP contribution in [0.3, 0.4) is 0 Å². The lowest BCUT2D eigenvalue weighted by atomic mass is 10.1. The van der Waals surface area contributed by atoms with Crippen LogP contribution in [0, 0.1) is 11.3 Å². The van der Waals surface area contributed by atoms with Crippen LogP contribution in [0.15, 0.2) is 59.3 Å². The van der Waals surface area contributed by atoms with Gasteiger partial charge in [0, 0.05) is 23.8 Å². The zero-order valence-corrected chi connectivity index (χ0v) is 14.8. The molecule has 0 saturated carbocycles. The van der Waals surface area contributed by atoms with Gasteiger partial charge in [-0.15, -0.1) is 0 Å². The van der Waals surface area contributed by atoms with E-state index in [2.05, 4.69) is 61.2 Å². The average molecular weight is 389 g/mol. The van der Waals surface area contributed by atoms with Crippen LogP contribution < -0.4 is 4.90 Å². The Hall–Kier alpha value is -2.97. The molecule has 2 aromatic carbocycles. The molecule has 0 spiro atoms. The molecule has 0 bridgehead atoms. The largest absolute Gasteiger partial charge is 0.333 e. The fourth-order valence-electron chi connectivity index (χ4n) is 2.92. The van der Waals surface area contributed by atoms with Crippen LogP contribution in [-0.2, 0) is 6.54 Å². The van der Waals surface area contributed by atoms with E-state index in [-0.39, 0.29) is 0 Å². The molecule has 0 fully saturated rings. The molecule has 0 saturated heterocycles. The summed E-state index contributed by atoms with van der Waals surface area (Å²) in [4.78, 5) is 11.0. The van der Waals surface area contributed by atoms with Crippen molar-refractivity contribution in [1.29, 1.82) is 5.26 Å². The molecule has 1 aromatic heterocycles. The first-order valence-corrected chi connectivity index (χ1v) is 8.59. The number of nitriles is 1. The van der Waals surface area contributed by atoms with Crippen molar-refractivity contribution in [1.82, 2.24) is 9.97 Å². The van der Waals surface area contributed by atoms with Gasteiger partial charge in [0.1, 0.15) is 5.82 Å². The van der Waals surface area contributed by atoms with Crippen LogP contribution in [0.4, 0.5) is 11.4 Å². The molecule has 2 heterocycles. The topological polar surface area (TPSA) is 52.8 Å². The molecule has 0 unspecified atom stereocenters. The van der Waals surface area contributed by atoms with E-state index >= 15 is 0 Å². The second-order valence-electron chi connectivity index (χ2n) is 5.68. The van der Waals surface area contributed by atoms with Crippen LogP contribution in [-0.4, -0.2) is 9.97 Å². The van der Waals surface area contributed by atoms with Crippen LogP contribution in [0.2, 0.25) is 0 Å². The zero-order chi connectivity index (χ0) is 17.2. The Morgan fingerprint density at radius 2 is 1.68 bits per heavy atom. The van der Waals surface area contributed by atoms with Crippen molar-refractivity contribution in [3.05, 3.63) is 81.8 Å². The van der Waals surface area contributed by atoms with Gasteiger partial charge in [-0.2, -0.15) is 5.26 Å². The van der Waals surface area contributed by atoms with E-state index in [0.29, 0.717) is 12.1 Å². The summed E-state index contributed by atoms with van der Waals surface area (Å²) in [7, 11) is 0. The fourth-order valence-corrected chi connectivity index (χ4v) is 3.12. The van der Waals surface area contributed by atoms with Crippen LogP contribution in [0.25, 0.3) is 12.2 Å². The summed E-state index contributed by atoms with van der Waals surface area (Å²) in [5, 5.41) is 9.20. The molecule has 120 valence electrons. The molecule has 0 atom stereocenters. The monoisotopic (exact) mass is 388 g/mol. The maximum absolute atomic E-state index is 9.20. The predicted molar refractivity (Wildman–Crippen MR) is 102 cm³/mol. The molecule has 0 N–H and O–H groups in total. The van der Waals surface area contributed by atoms with Gasteiger partial charge >= 0.3 is 0 Å². The lowest BCUT2D eigenvalue weighted by Gasteiger charge is -2.26. The van der Waals surface area contributed by atoms with Crippen molar-refractivity contribution in [2.75, 3.05) is 4.90 Å². The molecule has 25 heavy (non-hydrogen) atoms. The zero-order valence-electron chi connectivity index (χ0n) is 13.2. The molecule has 1 aliphatic heterocycles. The standard InChI is InChI=1S/C20H13BrN4/c21-17-11-23-20(24-12-17)13-25-18-4-2-1-3-15(18)6-7-16-9-14(10-22)5-8-19(16)25/h1-9,11-12H,13H2. The van der Waals surface area contributed by atoms with Gasteiger partial charge in [-0.3, -0.25) is 0 Å². The van der Waals surface area contributed by atoms with Crippen LogP contribution >= 0.6 is 15.9 Å². The SMILES string of the molecule is N#Cc1ccc2c(c1)C=Cc1ccccc1N2Cc1ncc(Br)cn1. The molecule has 0 amide bonds. The number of hydrogen-bond acceptors (Lipinski definition) is 4. The van der Waals surface area contributed by atoms with E-state index in [9.17, 15) is 5.26 Å². The number of halogens is 1. The van der Waals surface area contributed by atoms with Crippen molar-refractivity contribution in [2.24, 2.45) is 0 Å². The van der Waals surface area contributed by atoms with Gasteiger partial charge in [-0.25, -0.2) is 9.97 Å². The van der Waals surface area contributed by atoms with E-state index in [1.54, 1.807) is 12.4 Å². The predicted octanol–water partition coefficient (Wildman–Crippen LogP) is 4.93. The van der Waals surface area contributed by atoms with Gasteiger partial charge in [0.15, 0.2) is 0 Å². The molecule has 1 aliphatic rings. The normalized spacial score (nSPS) is 12.1. The fraction of sp³-hybridized carbons (Fsp3) is 0.0500. The summed E-state index contributed by atoms with van der Waals surface area (Å²) >= 11 is 3.37. The van der Waals surface area contributed by atoms with Crippen molar-refractivity contribution >= 4 is 39.5 Å². The van der Waals surface area contributed by atoms with Gasteiger partial charge in [-0.05, 0) is 51.3 Å². The minimum Gasteiger partial charge on any atom is -0.333 e. The first kappa shape index (κ1) is 15.6. The van der Waals surface area contributed by atoms with Crippen molar-refractivity contribution in [3.63, 3.8) is 0 Å². The van der Waals surface area contributed by atoms with Crippen molar-refractivity contribution < 1.29 is 0 Å². The number of aromatic nitrogens is 2. The summed E-state index contributed by atoms with van der Waals surface area (Å²) in [5.74, 6) is 0.732. The first-order valence-electron chi connectivity index (χ1n) is 7.80. The third-order valence-electron chi connectivity index (χ3n) is 4.09. The Morgan fingerprint density at radius 3 is 2.48 bits per heavy atom. The Kier molecular flexibility index (Phi) is 4.04. The van der Waals surface area contributed by atoms with E-state index in [0.717, 1.165) is 32.8 Å². The van der Waals surface area contributed by atoms with Crippen LogP contribution in [0.1, 0.15) is 22.5 Å². The number of benzene rings is 2. The number of para-hydroxylation sites is 1. The molecular formula is C20H13BrN4. The average Bonchev–Trinajstić information content (AvgIpc) is 2.80. The molecule has 4 rings (SSSR count). The molecular weight excluding hydrogens is 376 g/mol. The van der Waals surface area contributed by atoms with E-state index in [4.69, 9.17) is 0 Å². The highest BCUT2D eigenvalue weighted by Gasteiger charge is 2.19. The van der Waals surface area contributed by atoms with E-state index in [1.807, 2.05) is 30.3 Å². The highest BCUT2D eigenvalue weighted by molar-refractivity contribution is 9.10. The summed E-state index contributed by atoms with van der Waals surface area (Å²) in [6, 6.07) is 16.2. The van der Waals surface area contributed by atoms with Gasteiger partial charge in [0.25, 0.3) is 0 Å². The highest BCUT2D eigenvalue weighted by atomic mass is 79.9. The molecule has 0 aliphatic carbocycles. The Morgan fingerprint density at radius 1 is 0.960 bits per heavy atom. The quantitative estimate of drug-likeness (QED) is 0.624.